The van der Waals surface area contributed by atoms with Gasteiger partial charge in [-0.1, -0.05) is 151 Å². The van der Waals surface area contributed by atoms with Crippen LogP contribution in [0.4, 0.5) is 0 Å². The molecule has 4 aliphatic rings. The average molecular weight is 952 g/mol. The van der Waals surface area contributed by atoms with Gasteiger partial charge in [0.05, 0.1) is 26.4 Å². The van der Waals surface area contributed by atoms with E-state index in [0.29, 0.717) is 13.2 Å². The van der Waals surface area contributed by atoms with E-state index in [1.54, 1.807) is 0 Å². The number of allylic oxidation sites excluding steroid dienone is 2. The van der Waals surface area contributed by atoms with Crippen LogP contribution in [0, 0.1) is 0 Å². The Morgan fingerprint density at radius 1 is 0.710 bits per heavy atom. The zero-order chi connectivity index (χ0) is 22.7. The van der Waals surface area contributed by atoms with Gasteiger partial charge in [-0.2, -0.15) is 0 Å². The number of rotatable bonds is 8. The van der Waals surface area contributed by atoms with E-state index in [2.05, 4.69) is 140 Å². The van der Waals surface area contributed by atoms with E-state index in [1.165, 1.54) is 11.1 Å². The summed E-state index contributed by atoms with van der Waals surface area (Å²) in [6.07, 6.45) is 6.96. The van der Waals surface area contributed by atoms with Crippen molar-refractivity contribution in [3.63, 3.8) is 0 Å². The van der Waals surface area contributed by atoms with Crippen molar-refractivity contribution in [3.05, 3.63) is 23.3 Å². The average Bonchev–Trinajstić information content (AvgIpc) is 3.45. The van der Waals surface area contributed by atoms with E-state index in [4.69, 9.17) is 18.9 Å². The van der Waals surface area contributed by atoms with Crippen LogP contribution in [0.2, 0.25) is 0 Å². The Labute approximate surface area is 249 Å². The quantitative estimate of drug-likeness (QED) is 0.143. The second-order valence-corrected chi connectivity index (χ2v) is 23.5. The van der Waals surface area contributed by atoms with Gasteiger partial charge in [0.1, 0.15) is 37.3 Å². The van der Waals surface area contributed by atoms with Gasteiger partial charge in [-0.3, -0.25) is 0 Å². The number of hydrogen-bond acceptors (Lipinski definition) is 4. The molecule has 0 amide bonds. The maximum Gasteiger partial charge on any atom is 0.127 e. The number of epoxide rings is 2. The lowest BCUT2D eigenvalue weighted by atomic mass is 9.87. The largest absolute Gasteiger partial charge is 0.371 e. The normalized spacial score (nSPS) is 37.0. The molecule has 2 saturated heterocycles. The molecule has 4 nitrogen and oxygen atoms in total. The molecule has 2 fully saturated rings. The fraction of sp³-hybridized carbons (Fsp3) is 0.789. The van der Waals surface area contributed by atoms with E-state index in [9.17, 15) is 0 Å². The molecule has 0 aromatic heterocycles. The van der Waals surface area contributed by atoms with Crippen LogP contribution in [-0.4, -0.2) is 63.8 Å². The Morgan fingerprint density at radius 3 is 1.35 bits per heavy atom. The van der Waals surface area contributed by atoms with E-state index < -0.39 is 12.9 Å². The zero-order valence-electron chi connectivity index (χ0n) is 16.1. The smallest absolute Gasteiger partial charge is 0.127 e. The second-order valence-electron chi connectivity index (χ2n) is 8.34. The SMILES string of the molecule is BrC1(Br)C=C(CC2=CC(Br)(Br)C(OCC3CO3)C(Br)(Br)C2)CC(Br)(Br)C1OCC1CO1. The predicted molar refractivity (Wildman–Crippen MR) is 151 cm³/mol. The van der Waals surface area contributed by atoms with Crippen molar-refractivity contribution in [1.82, 2.24) is 0 Å². The summed E-state index contributed by atoms with van der Waals surface area (Å²) in [5, 5.41) is 0. The lowest BCUT2D eigenvalue weighted by Gasteiger charge is -2.44. The summed E-state index contributed by atoms with van der Waals surface area (Å²) in [7, 11) is 0. The first-order valence-corrected chi connectivity index (χ1v) is 16.0. The van der Waals surface area contributed by atoms with Crippen molar-refractivity contribution in [2.24, 2.45) is 0 Å². The van der Waals surface area contributed by atoms with Crippen molar-refractivity contribution in [2.45, 2.75) is 56.6 Å². The van der Waals surface area contributed by atoms with Crippen LogP contribution < -0.4 is 0 Å². The second kappa shape index (κ2) is 10.1. The van der Waals surface area contributed by atoms with Crippen LogP contribution >= 0.6 is 127 Å². The highest BCUT2D eigenvalue weighted by Gasteiger charge is 2.53. The van der Waals surface area contributed by atoms with Crippen LogP contribution in [0.3, 0.4) is 0 Å². The van der Waals surface area contributed by atoms with Crippen molar-refractivity contribution >= 4 is 127 Å². The number of alkyl halides is 8. The van der Waals surface area contributed by atoms with Crippen LogP contribution in [0.5, 0.6) is 0 Å². The minimum atomic E-state index is -0.500. The molecule has 4 atom stereocenters. The fourth-order valence-corrected chi connectivity index (χ4v) is 13.1. The molecule has 4 unspecified atom stereocenters. The van der Waals surface area contributed by atoms with Gasteiger partial charge in [-0.25, -0.2) is 0 Å². The van der Waals surface area contributed by atoms with E-state index in [0.717, 1.165) is 32.5 Å². The maximum atomic E-state index is 6.18. The van der Waals surface area contributed by atoms with Crippen molar-refractivity contribution in [3.8, 4) is 0 Å². The highest BCUT2D eigenvalue weighted by atomic mass is 79.9. The van der Waals surface area contributed by atoms with Gasteiger partial charge in [-0.15, -0.1) is 0 Å². The third-order valence-corrected chi connectivity index (χ3v) is 10.7. The molecule has 12 heteroatoms. The van der Waals surface area contributed by atoms with Crippen molar-refractivity contribution in [2.75, 3.05) is 26.4 Å². The molecule has 0 N–H and O–H groups in total. The highest BCUT2D eigenvalue weighted by molar-refractivity contribution is 9.27. The summed E-state index contributed by atoms with van der Waals surface area (Å²) >= 11 is 30.8. The van der Waals surface area contributed by atoms with Gasteiger partial charge < -0.3 is 18.9 Å². The van der Waals surface area contributed by atoms with Crippen molar-refractivity contribution in [1.29, 1.82) is 0 Å². The molecule has 2 aliphatic carbocycles. The molecule has 0 aromatic rings. The first kappa shape index (κ1) is 27.2. The summed E-state index contributed by atoms with van der Waals surface area (Å²) in [4.78, 5) is 0. The molecule has 0 aromatic carbocycles. The van der Waals surface area contributed by atoms with Crippen LogP contribution in [0.25, 0.3) is 0 Å². The van der Waals surface area contributed by atoms with Gasteiger partial charge in [0, 0.05) is 0 Å². The zero-order valence-corrected chi connectivity index (χ0v) is 28.8. The Bertz CT molecular complexity index is 696. The Morgan fingerprint density at radius 2 is 1.06 bits per heavy atom. The van der Waals surface area contributed by atoms with Gasteiger partial charge in [-0.05, 0) is 19.3 Å². The Kier molecular flexibility index (Phi) is 8.90. The summed E-state index contributed by atoms with van der Waals surface area (Å²) in [6.45, 7) is 2.71. The van der Waals surface area contributed by atoms with Gasteiger partial charge >= 0.3 is 0 Å². The van der Waals surface area contributed by atoms with Crippen LogP contribution in [0.1, 0.15) is 19.3 Å². The van der Waals surface area contributed by atoms with Gasteiger partial charge in [0.15, 0.2) is 0 Å². The molecule has 2 heterocycles. The molecule has 31 heavy (non-hydrogen) atoms. The number of halogens is 8. The first-order valence-electron chi connectivity index (χ1n) is 9.67. The molecule has 176 valence electrons. The van der Waals surface area contributed by atoms with E-state index >= 15 is 0 Å². The molecule has 0 saturated carbocycles. The van der Waals surface area contributed by atoms with E-state index in [1.807, 2.05) is 0 Å². The molecular formula is C19H20Br8O4. The highest BCUT2D eigenvalue weighted by Crippen LogP contribution is 2.56. The lowest BCUT2D eigenvalue weighted by molar-refractivity contribution is 0.0357. The van der Waals surface area contributed by atoms with Crippen molar-refractivity contribution < 1.29 is 18.9 Å². The minimum Gasteiger partial charge on any atom is -0.371 e. The Balaban J connectivity index is 1.48. The molecule has 4 rings (SSSR count). The van der Waals surface area contributed by atoms with Gasteiger partial charge in [0.2, 0.25) is 0 Å². The third-order valence-electron chi connectivity index (χ3n) is 5.34. The van der Waals surface area contributed by atoms with Gasteiger partial charge in [0.25, 0.3) is 0 Å². The van der Waals surface area contributed by atoms with Crippen LogP contribution in [-0.2, 0) is 18.9 Å². The summed E-state index contributed by atoms with van der Waals surface area (Å²) < 4.78 is 21.1. The summed E-state index contributed by atoms with van der Waals surface area (Å²) in [6, 6.07) is 0. The Hall–Kier alpha value is 3.16. The molecule has 0 radical (unpaired) electrons. The first-order chi connectivity index (χ1) is 14.3. The van der Waals surface area contributed by atoms with Crippen LogP contribution in [0.15, 0.2) is 23.3 Å². The number of hydrogen-bond donors (Lipinski definition) is 0. The molecule has 2 aliphatic heterocycles. The minimum absolute atomic E-state index is 0.159. The monoisotopic (exact) mass is 943 g/mol. The molecule has 0 bridgehead atoms. The molecular weight excluding hydrogens is 931 g/mol. The predicted octanol–water partition coefficient (Wildman–Crippen LogP) is 7.55. The standard InChI is InChI=1S/C19H20Br8O4/c20-16(21)2-10(3-17(22,23)14(16)30-8-12-6-28-12)1-11-4-18(24,25)15(19(26,27)5-11)31-9-13-7-29-13/h2,4,12-15H,1,3,5-9H2. The summed E-state index contributed by atoms with van der Waals surface area (Å²) in [5.41, 5.74) is 2.57. The number of ether oxygens (including phenoxy) is 4. The molecule has 0 spiro atoms. The summed E-state index contributed by atoms with van der Waals surface area (Å²) in [5.74, 6) is 0. The fourth-order valence-electron chi connectivity index (χ4n) is 3.87. The topological polar surface area (TPSA) is 43.5 Å². The third kappa shape index (κ3) is 7.14. The van der Waals surface area contributed by atoms with E-state index in [-0.39, 0.29) is 24.4 Å². The maximum absolute atomic E-state index is 6.18. The lowest BCUT2D eigenvalue weighted by Crippen LogP contribution is -2.49.